The van der Waals surface area contributed by atoms with Crippen molar-refractivity contribution in [2.45, 2.75) is 37.4 Å². The maximum absolute atomic E-state index is 5.76. The molecule has 0 bridgehead atoms. The van der Waals surface area contributed by atoms with E-state index in [9.17, 15) is 0 Å². The minimum absolute atomic E-state index is 0. The van der Waals surface area contributed by atoms with Crippen molar-refractivity contribution in [3.63, 3.8) is 0 Å². The first-order valence-electron chi connectivity index (χ1n) is 16.6. The van der Waals surface area contributed by atoms with Crippen LogP contribution in [0.2, 0.25) is 0 Å². The summed E-state index contributed by atoms with van der Waals surface area (Å²) in [7, 11) is 9.90. The summed E-state index contributed by atoms with van der Waals surface area (Å²) in [6, 6.07) is 8.54. The van der Waals surface area contributed by atoms with Gasteiger partial charge in [-0.2, -0.15) is 0 Å². The average molecular weight is 770 g/mol. The molecule has 284 valence electrons. The molecule has 3 aliphatic rings. The molecule has 5 rings (SSSR count). The van der Waals surface area contributed by atoms with Gasteiger partial charge in [-0.1, -0.05) is 44.6 Å². The smallest absolute Gasteiger partial charge is 0.203 e. The SMILES string of the molecule is CCC(C)[C@H]1CN(CC2(c3cc(OC)c(OC)c(OC)c3)C=CC=CN2)CCN1CC1(c2cc(OC)c(OC)c(OC)c2)C=CC=CN1.Cl.Cl.Cl. The zero-order valence-corrected chi connectivity index (χ0v) is 33.3. The fourth-order valence-corrected chi connectivity index (χ4v) is 7.19. The van der Waals surface area contributed by atoms with Crippen LogP contribution in [0.15, 0.2) is 73.1 Å². The molecule has 1 fully saturated rings. The molecule has 0 aliphatic carbocycles. The first-order chi connectivity index (χ1) is 23.3. The average Bonchev–Trinajstić information content (AvgIpc) is 3.14. The van der Waals surface area contributed by atoms with E-state index in [0.29, 0.717) is 46.5 Å². The number of benzene rings is 2. The van der Waals surface area contributed by atoms with Gasteiger partial charge in [0, 0.05) is 38.8 Å². The van der Waals surface area contributed by atoms with Crippen LogP contribution in [0, 0.1) is 5.92 Å². The lowest BCUT2D eigenvalue weighted by molar-refractivity contribution is 0.0225. The maximum atomic E-state index is 5.76. The van der Waals surface area contributed by atoms with E-state index in [1.54, 1.807) is 42.7 Å². The van der Waals surface area contributed by atoms with E-state index in [0.717, 1.165) is 50.3 Å². The fourth-order valence-electron chi connectivity index (χ4n) is 7.19. The number of hydrogen-bond donors (Lipinski definition) is 2. The van der Waals surface area contributed by atoms with E-state index < -0.39 is 11.1 Å². The summed E-state index contributed by atoms with van der Waals surface area (Å²) in [6.45, 7) is 8.93. The molecule has 0 saturated carbocycles. The topological polar surface area (TPSA) is 85.9 Å². The Morgan fingerprint density at radius 2 is 1.08 bits per heavy atom. The van der Waals surface area contributed by atoms with Gasteiger partial charge < -0.3 is 39.1 Å². The van der Waals surface area contributed by atoms with Gasteiger partial charge in [0.1, 0.15) is 0 Å². The van der Waals surface area contributed by atoms with Gasteiger partial charge in [-0.05, 0) is 65.9 Å². The van der Waals surface area contributed by atoms with Crippen LogP contribution in [0.25, 0.3) is 0 Å². The minimum atomic E-state index is -0.495. The summed E-state index contributed by atoms with van der Waals surface area (Å²) in [5.74, 6) is 4.19. The Morgan fingerprint density at radius 3 is 1.43 bits per heavy atom. The van der Waals surface area contributed by atoms with Crippen molar-refractivity contribution in [3.05, 3.63) is 84.2 Å². The quantitative estimate of drug-likeness (QED) is 0.223. The molecule has 0 radical (unpaired) electrons. The standard InChI is InChI=1S/C38H52N4O6.3ClH/c1-9-27(2)30-24-41(25-37(14-10-12-16-39-37)28-20-31(43-3)35(47-7)32(21-28)44-4)18-19-42(30)26-38(15-11-13-17-40-38)29-22-33(45-5)36(48-8)34(23-29)46-6;;;/h10-17,20-23,27,30,39-40H,9,18-19,24-26H2,1-8H3;3*1H/t27?,30-,37?,38?;;;/m1.../s1. The van der Waals surface area contributed by atoms with Crippen molar-refractivity contribution in [3.8, 4) is 34.5 Å². The molecule has 13 heteroatoms. The summed E-state index contributed by atoms with van der Waals surface area (Å²) in [4.78, 5) is 5.24. The molecular formula is C38H55Cl3N4O6. The number of dihydropyridines is 2. The molecule has 0 amide bonds. The van der Waals surface area contributed by atoms with Crippen LogP contribution in [0.5, 0.6) is 34.5 Å². The third kappa shape index (κ3) is 8.98. The number of nitrogens with zero attached hydrogens (tertiary/aromatic N) is 2. The van der Waals surface area contributed by atoms with Crippen molar-refractivity contribution >= 4 is 37.2 Å². The second-order valence-corrected chi connectivity index (χ2v) is 12.7. The summed E-state index contributed by atoms with van der Waals surface area (Å²) in [5.41, 5.74) is 1.11. The molecule has 4 atom stereocenters. The normalized spacial score (nSPS) is 22.9. The molecular weight excluding hydrogens is 715 g/mol. The highest BCUT2D eigenvalue weighted by Crippen LogP contribution is 2.44. The highest BCUT2D eigenvalue weighted by molar-refractivity contribution is 5.86. The van der Waals surface area contributed by atoms with E-state index in [1.165, 1.54) is 0 Å². The largest absolute Gasteiger partial charge is 0.493 e. The third-order valence-corrected chi connectivity index (χ3v) is 10.1. The first-order valence-corrected chi connectivity index (χ1v) is 16.6. The third-order valence-electron chi connectivity index (χ3n) is 10.1. The van der Waals surface area contributed by atoms with Gasteiger partial charge in [-0.3, -0.25) is 9.80 Å². The van der Waals surface area contributed by atoms with Crippen molar-refractivity contribution in [2.75, 3.05) is 75.4 Å². The molecule has 2 N–H and O–H groups in total. The van der Waals surface area contributed by atoms with Crippen LogP contribution < -0.4 is 39.1 Å². The predicted molar refractivity (Wildman–Crippen MR) is 211 cm³/mol. The van der Waals surface area contributed by atoms with E-state index in [2.05, 4.69) is 82.9 Å². The van der Waals surface area contributed by atoms with Gasteiger partial charge in [0.2, 0.25) is 11.5 Å². The van der Waals surface area contributed by atoms with Crippen LogP contribution in [-0.4, -0.2) is 91.2 Å². The number of methoxy groups -OCH3 is 6. The Balaban J connectivity index is 0.00000300. The predicted octanol–water partition coefficient (Wildman–Crippen LogP) is 6.47. The lowest BCUT2D eigenvalue weighted by Gasteiger charge is -2.49. The Labute approximate surface area is 322 Å². The number of hydrogen-bond acceptors (Lipinski definition) is 10. The number of nitrogens with one attached hydrogen (secondary N) is 2. The lowest BCUT2D eigenvalue weighted by Crippen LogP contribution is -2.62. The number of rotatable bonds is 14. The second kappa shape index (κ2) is 19.4. The Bertz CT molecular complexity index is 1510. The van der Waals surface area contributed by atoms with Gasteiger partial charge in [-0.25, -0.2) is 0 Å². The molecule has 3 unspecified atom stereocenters. The molecule has 1 saturated heterocycles. The highest BCUT2D eigenvalue weighted by Gasteiger charge is 2.41. The van der Waals surface area contributed by atoms with Crippen LogP contribution in [-0.2, 0) is 11.1 Å². The highest BCUT2D eigenvalue weighted by atomic mass is 35.5. The van der Waals surface area contributed by atoms with Crippen molar-refractivity contribution in [1.82, 2.24) is 20.4 Å². The van der Waals surface area contributed by atoms with E-state index in [-0.39, 0.29) is 37.2 Å². The molecule has 51 heavy (non-hydrogen) atoms. The Kier molecular flexibility index (Phi) is 16.7. The number of halogens is 3. The van der Waals surface area contributed by atoms with Gasteiger partial charge in [-0.15, -0.1) is 37.2 Å². The summed E-state index contributed by atoms with van der Waals surface area (Å²) < 4.78 is 34.3. The monoisotopic (exact) mass is 768 g/mol. The van der Waals surface area contributed by atoms with Gasteiger partial charge >= 0.3 is 0 Å². The van der Waals surface area contributed by atoms with E-state index in [4.69, 9.17) is 28.4 Å². The number of piperazine rings is 1. The van der Waals surface area contributed by atoms with Crippen LogP contribution in [0.4, 0.5) is 0 Å². The second-order valence-electron chi connectivity index (χ2n) is 12.7. The molecule has 2 aromatic rings. The lowest BCUT2D eigenvalue weighted by atomic mass is 9.84. The zero-order chi connectivity index (χ0) is 34.3. The molecule has 3 aliphatic heterocycles. The molecule has 3 heterocycles. The summed E-state index contributed by atoms with van der Waals surface area (Å²) >= 11 is 0. The number of ether oxygens (including phenoxy) is 6. The van der Waals surface area contributed by atoms with Crippen molar-refractivity contribution in [2.24, 2.45) is 5.92 Å². The number of allylic oxidation sites excluding steroid dienone is 4. The van der Waals surface area contributed by atoms with Gasteiger partial charge in [0.05, 0.1) is 53.7 Å². The van der Waals surface area contributed by atoms with Crippen LogP contribution >= 0.6 is 37.2 Å². The Morgan fingerprint density at radius 1 is 0.647 bits per heavy atom. The maximum Gasteiger partial charge on any atom is 0.203 e. The minimum Gasteiger partial charge on any atom is -0.493 e. The molecule has 0 aromatic heterocycles. The van der Waals surface area contributed by atoms with Gasteiger partial charge in [0.25, 0.3) is 0 Å². The van der Waals surface area contributed by atoms with E-state index >= 15 is 0 Å². The first kappa shape index (κ1) is 43.8. The zero-order valence-electron chi connectivity index (χ0n) is 30.9. The summed E-state index contributed by atoms with van der Waals surface area (Å²) in [5, 5.41) is 7.41. The van der Waals surface area contributed by atoms with Crippen LogP contribution in [0.1, 0.15) is 31.4 Å². The van der Waals surface area contributed by atoms with Crippen LogP contribution in [0.3, 0.4) is 0 Å². The van der Waals surface area contributed by atoms with Crippen molar-refractivity contribution in [1.29, 1.82) is 0 Å². The van der Waals surface area contributed by atoms with Crippen molar-refractivity contribution < 1.29 is 28.4 Å². The molecule has 10 nitrogen and oxygen atoms in total. The molecule has 0 spiro atoms. The molecule has 2 aromatic carbocycles. The van der Waals surface area contributed by atoms with Gasteiger partial charge in [0.15, 0.2) is 23.0 Å². The Hall–Kier alpha value is -3.41. The summed E-state index contributed by atoms with van der Waals surface area (Å²) in [6.07, 6.45) is 17.9. The van der Waals surface area contributed by atoms with E-state index in [1.807, 2.05) is 24.6 Å². The fraction of sp³-hybridized carbons (Fsp3) is 0.474.